The Kier molecular flexibility index (Phi) is 3.25. The van der Waals surface area contributed by atoms with Gasteiger partial charge in [-0.1, -0.05) is 11.3 Å². The summed E-state index contributed by atoms with van der Waals surface area (Å²) in [6, 6.07) is 0. The molecule has 0 bridgehead atoms. The number of esters is 1. The van der Waals surface area contributed by atoms with Crippen LogP contribution in [0.15, 0.2) is 0 Å². The first kappa shape index (κ1) is 11.2. The molecule has 0 unspecified atom stereocenters. The van der Waals surface area contributed by atoms with Crippen LogP contribution in [0.2, 0.25) is 0 Å². The summed E-state index contributed by atoms with van der Waals surface area (Å²) >= 11 is 1.29. The largest absolute Gasteiger partial charge is 0.465 e. The van der Waals surface area contributed by atoms with Crippen LogP contribution in [-0.4, -0.2) is 44.2 Å². The average molecular weight is 242 g/mol. The average Bonchev–Trinajstić information content (AvgIpc) is 2.71. The highest BCUT2D eigenvalue weighted by atomic mass is 32.1. The normalized spacial score (nSPS) is 16.2. The second-order valence-electron chi connectivity index (χ2n) is 3.44. The third kappa shape index (κ3) is 2.10. The lowest BCUT2D eigenvalue weighted by Crippen LogP contribution is -2.43. The highest BCUT2D eigenvalue weighted by Gasteiger charge is 2.20. The summed E-state index contributed by atoms with van der Waals surface area (Å²) in [4.78, 5) is 18.1. The number of nitrogen functional groups attached to an aromatic ring is 1. The zero-order chi connectivity index (χ0) is 11.5. The number of thiazole rings is 1. The summed E-state index contributed by atoms with van der Waals surface area (Å²) < 4.78 is 4.64. The molecule has 0 saturated carbocycles. The van der Waals surface area contributed by atoms with Crippen LogP contribution in [-0.2, 0) is 4.74 Å². The van der Waals surface area contributed by atoms with Crippen LogP contribution in [0.25, 0.3) is 0 Å². The molecule has 0 amide bonds. The molecule has 0 aromatic carbocycles. The first-order chi connectivity index (χ1) is 7.72. The van der Waals surface area contributed by atoms with Gasteiger partial charge in [-0.2, -0.15) is 0 Å². The van der Waals surface area contributed by atoms with Crippen LogP contribution in [0.4, 0.5) is 10.9 Å². The van der Waals surface area contributed by atoms with Gasteiger partial charge in [0.1, 0.15) is 0 Å². The van der Waals surface area contributed by atoms with E-state index in [9.17, 15) is 4.79 Å². The summed E-state index contributed by atoms with van der Waals surface area (Å²) in [7, 11) is 1.34. The highest BCUT2D eigenvalue weighted by Crippen LogP contribution is 2.28. The first-order valence-electron chi connectivity index (χ1n) is 5.02. The number of anilines is 2. The molecular formula is C9H14N4O2S. The standard InChI is InChI=1S/C9H14N4O2S/c1-15-8(14)6-7(10)12-9(16-6)13-4-2-11-3-5-13/h11H,2-5,10H2,1H3. The molecule has 2 heterocycles. The van der Waals surface area contributed by atoms with Crippen molar-refractivity contribution in [1.29, 1.82) is 0 Å². The number of carbonyl (C=O) groups excluding carboxylic acids is 1. The molecule has 0 atom stereocenters. The lowest BCUT2D eigenvalue weighted by molar-refractivity contribution is 0.0607. The Hall–Kier alpha value is -1.34. The number of hydrogen-bond acceptors (Lipinski definition) is 7. The van der Waals surface area contributed by atoms with Gasteiger partial charge in [0.05, 0.1) is 7.11 Å². The zero-order valence-electron chi connectivity index (χ0n) is 9.02. The number of piperazine rings is 1. The van der Waals surface area contributed by atoms with Gasteiger partial charge in [-0.05, 0) is 0 Å². The molecule has 1 fully saturated rings. The fourth-order valence-electron chi connectivity index (χ4n) is 1.55. The summed E-state index contributed by atoms with van der Waals surface area (Å²) in [6.45, 7) is 3.61. The van der Waals surface area contributed by atoms with E-state index in [0.717, 1.165) is 31.3 Å². The van der Waals surface area contributed by atoms with Crippen LogP contribution in [0.3, 0.4) is 0 Å². The van der Waals surface area contributed by atoms with Gasteiger partial charge in [0.2, 0.25) is 0 Å². The molecule has 16 heavy (non-hydrogen) atoms. The summed E-state index contributed by atoms with van der Waals surface area (Å²) in [5.41, 5.74) is 5.68. The number of nitrogens with two attached hydrogens (primary N) is 1. The maximum absolute atomic E-state index is 11.4. The molecule has 0 radical (unpaired) electrons. The number of methoxy groups -OCH3 is 1. The third-order valence-corrected chi connectivity index (χ3v) is 3.51. The molecule has 3 N–H and O–H groups in total. The molecule has 1 aliphatic rings. The number of aromatic nitrogens is 1. The Morgan fingerprint density at radius 3 is 2.88 bits per heavy atom. The zero-order valence-corrected chi connectivity index (χ0v) is 9.84. The number of nitrogens with zero attached hydrogens (tertiary/aromatic N) is 2. The molecule has 88 valence electrons. The molecule has 7 heteroatoms. The van der Waals surface area contributed by atoms with E-state index >= 15 is 0 Å². The van der Waals surface area contributed by atoms with Crippen molar-refractivity contribution in [2.75, 3.05) is 43.9 Å². The maximum atomic E-state index is 11.4. The fourth-order valence-corrected chi connectivity index (χ4v) is 2.51. The minimum atomic E-state index is -0.420. The smallest absolute Gasteiger partial charge is 0.351 e. The number of hydrogen-bond donors (Lipinski definition) is 2. The van der Waals surface area contributed by atoms with Crippen molar-refractivity contribution in [2.24, 2.45) is 0 Å². The van der Waals surface area contributed by atoms with Gasteiger partial charge in [-0.25, -0.2) is 9.78 Å². The quantitative estimate of drug-likeness (QED) is 0.706. The van der Waals surface area contributed by atoms with Crippen molar-refractivity contribution in [3.63, 3.8) is 0 Å². The van der Waals surface area contributed by atoms with E-state index in [-0.39, 0.29) is 5.82 Å². The number of carbonyl (C=O) groups is 1. The van der Waals surface area contributed by atoms with Crippen LogP contribution in [0, 0.1) is 0 Å². The number of nitrogens with one attached hydrogen (secondary N) is 1. The predicted octanol–water partition coefficient (Wildman–Crippen LogP) is -0.0785. The Balaban J connectivity index is 2.19. The van der Waals surface area contributed by atoms with Gasteiger partial charge in [0.15, 0.2) is 15.8 Å². The fraction of sp³-hybridized carbons (Fsp3) is 0.556. The maximum Gasteiger partial charge on any atom is 0.351 e. The summed E-state index contributed by atoms with van der Waals surface area (Å²) in [5.74, 6) is -0.165. The Morgan fingerprint density at radius 2 is 2.25 bits per heavy atom. The van der Waals surface area contributed by atoms with Crippen LogP contribution in [0.1, 0.15) is 9.67 Å². The minimum absolute atomic E-state index is 0.255. The van der Waals surface area contributed by atoms with Gasteiger partial charge in [-0.3, -0.25) is 0 Å². The van der Waals surface area contributed by atoms with Crippen molar-refractivity contribution in [2.45, 2.75) is 0 Å². The van der Waals surface area contributed by atoms with Crippen molar-refractivity contribution < 1.29 is 9.53 Å². The van der Waals surface area contributed by atoms with E-state index in [1.807, 2.05) is 0 Å². The molecule has 1 aromatic rings. The molecular weight excluding hydrogens is 228 g/mol. The van der Waals surface area contributed by atoms with Gasteiger partial charge < -0.3 is 20.7 Å². The van der Waals surface area contributed by atoms with E-state index in [2.05, 4.69) is 19.9 Å². The molecule has 1 aromatic heterocycles. The van der Waals surface area contributed by atoms with Crippen LogP contribution < -0.4 is 16.0 Å². The first-order valence-corrected chi connectivity index (χ1v) is 5.84. The van der Waals surface area contributed by atoms with E-state index in [0.29, 0.717) is 4.88 Å². The molecule has 1 aliphatic heterocycles. The number of ether oxygens (including phenoxy) is 1. The van der Waals surface area contributed by atoms with Crippen molar-refractivity contribution in [3.05, 3.63) is 4.88 Å². The lowest BCUT2D eigenvalue weighted by Gasteiger charge is -2.26. The van der Waals surface area contributed by atoms with Gasteiger partial charge >= 0.3 is 5.97 Å². The molecule has 2 rings (SSSR count). The predicted molar refractivity (Wildman–Crippen MR) is 62.9 cm³/mol. The van der Waals surface area contributed by atoms with Gasteiger partial charge in [0.25, 0.3) is 0 Å². The Bertz CT molecular complexity index is 387. The van der Waals surface area contributed by atoms with Crippen LogP contribution in [0.5, 0.6) is 0 Å². The molecule has 1 saturated heterocycles. The van der Waals surface area contributed by atoms with Gasteiger partial charge in [0, 0.05) is 26.2 Å². The Labute approximate surface area is 97.4 Å². The lowest BCUT2D eigenvalue weighted by atomic mass is 10.4. The van der Waals surface area contributed by atoms with E-state index in [4.69, 9.17) is 5.73 Å². The topological polar surface area (TPSA) is 80.5 Å². The SMILES string of the molecule is COC(=O)c1sc(N2CCNCC2)nc1N. The third-order valence-electron chi connectivity index (χ3n) is 2.40. The van der Waals surface area contributed by atoms with E-state index in [1.165, 1.54) is 18.4 Å². The van der Waals surface area contributed by atoms with E-state index in [1.54, 1.807) is 0 Å². The van der Waals surface area contributed by atoms with Crippen molar-refractivity contribution in [1.82, 2.24) is 10.3 Å². The second kappa shape index (κ2) is 4.67. The second-order valence-corrected chi connectivity index (χ2v) is 4.42. The minimum Gasteiger partial charge on any atom is -0.465 e. The summed E-state index contributed by atoms with van der Waals surface area (Å²) in [6.07, 6.45) is 0. The molecule has 0 spiro atoms. The monoisotopic (exact) mass is 242 g/mol. The van der Waals surface area contributed by atoms with Crippen molar-refractivity contribution in [3.8, 4) is 0 Å². The number of rotatable bonds is 2. The molecule has 6 nitrogen and oxygen atoms in total. The van der Waals surface area contributed by atoms with Crippen molar-refractivity contribution >= 4 is 28.3 Å². The molecule has 0 aliphatic carbocycles. The Morgan fingerprint density at radius 1 is 1.56 bits per heavy atom. The summed E-state index contributed by atoms with van der Waals surface area (Å²) in [5, 5.41) is 4.04. The highest BCUT2D eigenvalue weighted by molar-refractivity contribution is 7.18. The van der Waals surface area contributed by atoms with E-state index < -0.39 is 5.97 Å². The van der Waals surface area contributed by atoms with Crippen LogP contribution >= 0.6 is 11.3 Å². The van der Waals surface area contributed by atoms with Gasteiger partial charge in [-0.15, -0.1) is 0 Å².